The van der Waals surface area contributed by atoms with Crippen molar-refractivity contribution < 1.29 is 4.79 Å². The number of nitrogens with zero attached hydrogens (tertiary/aromatic N) is 2. The summed E-state index contributed by atoms with van der Waals surface area (Å²) in [5.74, 6) is 0.254. The summed E-state index contributed by atoms with van der Waals surface area (Å²) in [6.45, 7) is 7.67. The van der Waals surface area contributed by atoms with Gasteiger partial charge in [-0.15, -0.1) is 0 Å². The van der Waals surface area contributed by atoms with E-state index >= 15 is 0 Å². The minimum absolute atomic E-state index is 0.254. The van der Waals surface area contributed by atoms with E-state index in [0.717, 1.165) is 24.3 Å². The number of ketones is 1. The van der Waals surface area contributed by atoms with Gasteiger partial charge in [-0.25, -0.2) is 0 Å². The second-order valence-electron chi connectivity index (χ2n) is 6.44. The Labute approximate surface area is 127 Å². The third kappa shape index (κ3) is 2.84. The number of hydrogen-bond donors (Lipinski definition) is 0. The molecule has 1 aromatic rings. The lowest BCUT2D eigenvalue weighted by Crippen LogP contribution is -2.59. The Kier molecular flexibility index (Phi) is 4.29. The highest BCUT2D eigenvalue weighted by Gasteiger charge is 2.34. The predicted molar refractivity (Wildman–Crippen MR) is 87.1 cm³/mol. The second kappa shape index (κ2) is 6.18. The molecule has 2 saturated heterocycles. The van der Waals surface area contributed by atoms with Gasteiger partial charge in [0.15, 0.2) is 5.78 Å². The first-order valence-electron chi connectivity index (χ1n) is 8.33. The fourth-order valence-electron chi connectivity index (χ4n) is 3.84. The normalized spacial score (nSPS) is 26.5. The number of benzene rings is 1. The SMILES string of the molecule is CCC(=O)c1ccccc1N1CC2CCCCN2CC1C. The van der Waals surface area contributed by atoms with Crippen molar-refractivity contribution in [1.29, 1.82) is 0 Å². The zero-order valence-corrected chi connectivity index (χ0v) is 13.2. The lowest BCUT2D eigenvalue weighted by molar-refractivity contribution is 0.0985. The molecule has 2 heterocycles. The topological polar surface area (TPSA) is 23.6 Å². The summed E-state index contributed by atoms with van der Waals surface area (Å²) in [7, 11) is 0. The molecule has 3 rings (SSSR count). The minimum Gasteiger partial charge on any atom is -0.365 e. The molecule has 0 bridgehead atoms. The molecule has 2 aliphatic rings. The molecule has 2 unspecified atom stereocenters. The molecule has 2 atom stereocenters. The maximum absolute atomic E-state index is 12.2. The smallest absolute Gasteiger partial charge is 0.164 e. The molecule has 0 aromatic heterocycles. The van der Waals surface area contributed by atoms with Crippen LogP contribution in [-0.4, -0.2) is 42.4 Å². The van der Waals surface area contributed by atoms with Crippen LogP contribution in [0.25, 0.3) is 0 Å². The number of carbonyl (C=O) groups excluding carboxylic acids is 1. The van der Waals surface area contributed by atoms with Gasteiger partial charge in [0.05, 0.1) is 0 Å². The molecule has 0 spiro atoms. The number of piperidine rings is 1. The van der Waals surface area contributed by atoms with Gasteiger partial charge in [-0.05, 0) is 38.4 Å². The maximum atomic E-state index is 12.2. The van der Waals surface area contributed by atoms with E-state index in [1.165, 1.54) is 25.8 Å². The van der Waals surface area contributed by atoms with Gasteiger partial charge >= 0.3 is 0 Å². The molecule has 0 amide bonds. The molecule has 0 radical (unpaired) electrons. The monoisotopic (exact) mass is 286 g/mol. The number of hydrogen-bond acceptors (Lipinski definition) is 3. The van der Waals surface area contributed by atoms with Crippen LogP contribution in [0.4, 0.5) is 5.69 Å². The third-order valence-corrected chi connectivity index (χ3v) is 5.02. The highest BCUT2D eigenvalue weighted by atomic mass is 16.1. The molecule has 2 aliphatic heterocycles. The van der Waals surface area contributed by atoms with Gasteiger partial charge < -0.3 is 4.90 Å². The van der Waals surface area contributed by atoms with Crippen LogP contribution < -0.4 is 4.90 Å². The van der Waals surface area contributed by atoms with Crippen LogP contribution in [0.15, 0.2) is 24.3 Å². The van der Waals surface area contributed by atoms with Crippen molar-refractivity contribution >= 4 is 11.5 Å². The summed E-state index contributed by atoms with van der Waals surface area (Å²) in [6.07, 6.45) is 4.56. The Hall–Kier alpha value is -1.35. The number of rotatable bonds is 3. The summed E-state index contributed by atoms with van der Waals surface area (Å²) in [6, 6.07) is 9.29. The number of para-hydroxylation sites is 1. The van der Waals surface area contributed by atoms with Crippen molar-refractivity contribution in [1.82, 2.24) is 4.90 Å². The predicted octanol–water partition coefficient (Wildman–Crippen LogP) is 3.34. The highest BCUT2D eigenvalue weighted by molar-refractivity contribution is 6.01. The van der Waals surface area contributed by atoms with Gasteiger partial charge in [0, 0.05) is 42.8 Å². The first-order chi connectivity index (χ1) is 10.2. The van der Waals surface area contributed by atoms with Gasteiger partial charge in [0.1, 0.15) is 0 Å². The largest absolute Gasteiger partial charge is 0.365 e. The number of anilines is 1. The Morgan fingerprint density at radius 3 is 2.86 bits per heavy atom. The van der Waals surface area contributed by atoms with E-state index < -0.39 is 0 Å². The maximum Gasteiger partial charge on any atom is 0.164 e. The fraction of sp³-hybridized carbons (Fsp3) is 0.611. The van der Waals surface area contributed by atoms with E-state index in [0.29, 0.717) is 18.5 Å². The quantitative estimate of drug-likeness (QED) is 0.796. The van der Waals surface area contributed by atoms with E-state index in [4.69, 9.17) is 0 Å². The number of fused-ring (bicyclic) bond motifs is 1. The van der Waals surface area contributed by atoms with Gasteiger partial charge in [-0.3, -0.25) is 9.69 Å². The standard InChI is InChI=1S/C18H26N2O/c1-3-18(21)16-9-4-5-10-17(16)20-13-15-8-6-7-11-19(15)12-14(20)2/h4-5,9-10,14-15H,3,6-8,11-13H2,1-2H3. The molecular formula is C18H26N2O. The van der Waals surface area contributed by atoms with Gasteiger partial charge in [-0.1, -0.05) is 25.5 Å². The van der Waals surface area contributed by atoms with Crippen LogP contribution >= 0.6 is 0 Å². The average molecular weight is 286 g/mol. The first kappa shape index (κ1) is 14.6. The van der Waals surface area contributed by atoms with Crippen LogP contribution in [0.5, 0.6) is 0 Å². The second-order valence-corrected chi connectivity index (χ2v) is 6.44. The lowest BCUT2D eigenvalue weighted by Gasteiger charge is -2.48. The Morgan fingerprint density at radius 1 is 1.24 bits per heavy atom. The molecule has 21 heavy (non-hydrogen) atoms. The van der Waals surface area contributed by atoms with Crippen LogP contribution in [0, 0.1) is 0 Å². The van der Waals surface area contributed by atoms with E-state index in [9.17, 15) is 4.79 Å². The van der Waals surface area contributed by atoms with Crippen LogP contribution in [0.2, 0.25) is 0 Å². The summed E-state index contributed by atoms with van der Waals surface area (Å²) >= 11 is 0. The molecule has 0 N–H and O–H groups in total. The molecular weight excluding hydrogens is 260 g/mol. The van der Waals surface area contributed by atoms with Crippen molar-refractivity contribution in [3.63, 3.8) is 0 Å². The van der Waals surface area contributed by atoms with Crippen molar-refractivity contribution in [2.45, 2.75) is 51.6 Å². The molecule has 0 aliphatic carbocycles. The third-order valence-electron chi connectivity index (χ3n) is 5.02. The van der Waals surface area contributed by atoms with Crippen molar-refractivity contribution in [2.75, 3.05) is 24.5 Å². The first-order valence-corrected chi connectivity index (χ1v) is 8.33. The molecule has 1 aromatic carbocycles. The van der Waals surface area contributed by atoms with Gasteiger partial charge in [-0.2, -0.15) is 0 Å². The molecule has 2 fully saturated rings. The van der Waals surface area contributed by atoms with Crippen molar-refractivity contribution in [3.8, 4) is 0 Å². The van der Waals surface area contributed by atoms with E-state index in [1.54, 1.807) is 0 Å². The van der Waals surface area contributed by atoms with Crippen LogP contribution in [0.1, 0.15) is 49.9 Å². The summed E-state index contributed by atoms with van der Waals surface area (Å²) in [5, 5.41) is 0. The molecule has 3 nitrogen and oxygen atoms in total. The average Bonchev–Trinajstić information content (AvgIpc) is 2.53. The van der Waals surface area contributed by atoms with E-state index in [1.807, 2.05) is 19.1 Å². The fourth-order valence-corrected chi connectivity index (χ4v) is 3.84. The van der Waals surface area contributed by atoms with Crippen molar-refractivity contribution in [2.24, 2.45) is 0 Å². The molecule has 3 heteroatoms. The number of Topliss-reactive ketones (excluding diaryl/α,β-unsaturated/α-hetero) is 1. The van der Waals surface area contributed by atoms with Gasteiger partial charge in [0.25, 0.3) is 0 Å². The summed E-state index contributed by atoms with van der Waals surface area (Å²) in [4.78, 5) is 17.3. The number of piperazine rings is 1. The number of carbonyl (C=O) groups is 1. The zero-order chi connectivity index (χ0) is 14.8. The minimum atomic E-state index is 0.254. The Bertz CT molecular complexity index is 514. The van der Waals surface area contributed by atoms with Crippen LogP contribution in [-0.2, 0) is 0 Å². The Morgan fingerprint density at radius 2 is 2.05 bits per heavy atom. The molecule has 114 valence electrons. The summed E-state index contributed by atoms with van der Waals surface area (Å²) in [5.41, 5.74) is 2.04. The van der Waals surface area contributed by atoms with Gasteiger partial charge in [0.2, 0.25) is 0 Å². The summed E-state index contributed by atoms with van der Waals surface area (Å²) < 4.78 is 0. The highest BCUT2D eigenvalue weighted by Crippen LogP contribution is 2.30. The zero-order valence-electron chi connectivity index (χ0n) is 13.2. The molecule has 0 saturated carbocycles. The Balaban J connectivity index is 1.87. The van der Waals surface area contributed by atoms with Crippen LogP contribution in [0.3, 0.4) is 0 Å². The van der Waals surface area contributed by atoms with E-state index in [2.05, 4.69) is 28.9 Å². The van der Waals surface area contributed by atoms with E-state index in [-0.39, 0.29) is 5.78 Å². The lowest BCUT2D eigenvalue weighted by atomic mass is 9.95. The van der Waals surface area contributed by atoms with Crippen molar-refractivity contribution in [3.05, 3.63) is 29.8 Å².